The number of thioether (sulfide) groups is 1. The number of fused-ring (bicyclic) bond motifs is 1. The number of aromatic nitrogens is 1. The lowest BCUT2D eigenvalue weighted by molar-refractivity contribution is -0.122. The summed E-state index contributed by atoms with van der Waals surface area (Å²) in [4.78, 5) is 26.6. The quantitative estimate of drug-likeness (QED) is 0.523. The molecule has 1 aliphatic heterocycles. The Kier molecular flexibility index (Phi) is 5.84. The van der Waals surface area contributed by atoms with E-state index in [0.29, 0.717) is 30.5 Å². The van der Waals surface area contributed by atoms with Gasteiger partial charge in [0.2, 0.25) is 0 Å². The first-order valence-electron chi connectivity index (χ1n) is 8.90. The molecule has 26 heavy (non-hydrogen) atoms. The van der Waals surface area contributed by atoms with Gasteiger partial charge in [-0.25, -0.2) is 0 Å². The van der Waals surface area contributed by atoms with Gasteiger partial charge in [0.15, 0.2) is 0 Å². The molecule has 0 unspecified atom stereocenters. The van der Waals surface area contributed by atoms with Crippen LogP contribution in [0.15, 0.2) is 35.4 Å². The number of benzene rings is 1. The van der Waals surface area contributed by atoms with Crippen LogP contribution in [0.25, 0.3) is 17.0 Å². The number of ether oxygens (including phenoxy) is 1. The molecule has 3 rings (SSSR count). The fraction of sp³-hybridized carbons (Fsp3) is 0.400. The highest BCUT2D eigenvalue weighted by molar-refractivity contribution is 8.18. The molecule has 0 radical (unpaired) electrons. The number of carbonyl (C=O) groups is 2. The van der Waals surface area contributed by atoms with E-state index in [9.17, 15) is 9.59 Å². The van der Waals surface area contributed by atoms with Gasteiger partial charge in [-0.1, -0.05) is 25.1 Å². The normalized spacial score (nSPS) is 17.7. The van der Waals surface area contributed by atoms with Crippen molar-refractivity contribution in [2.24, 2.45) is 0 Å². The monoisotopic (exact) mass is 372 g/mol. The van der Waals surface area contributed by atoms with E-state index < -0.39 is 0 Å². The molecule has 0 saturated carbocycles. The van der Waals surface area contributed by atoms with Crippen LogP contribution < -0.4 is 0 Å². The van der Waals surface area contributed by atoms with Crippen molar-refractivity contribution < 1.29 is 14.3 Å². The minimum Gasteiger partial charge on any atom is -0.385 e. The fourth-order valence-corrected chi connectivity index (χ4v) is 3.97. The molecular weight excluding hydrogens is 348 g/mol. The van der Waals surface area contributed by atoms with Crippen LogP contribution in [0, 0.1) is 0 Å². The molecule has 1 aromatic carbocycles. The number of amides is 2. The Morgan fingerprint density at radius 3 is 2.77 bits per heavy atom. The maximum Gasteiger partial charge on any atom is 0.293 e. The second-order valence-corrected chi connectivity index (χ2v) is 7.44. The van der Waals surface area contributed by atoms with Crippen molar-refractivity contribution in [1.82, 2.24) is 9.47 Å². The average molecular weight is 372 g/mol. The van der Waals surface area contributed by atoms with E-state index in [1.807, 2.05) is 18.2 Å². The van der Waals surface area contributed by atoms with Crippen LogP contribution >= 0.6 is 11.8 Å². The Hall–Kier alpha value is -2.05. The number of rotatable bonds is 7. The molecule has 6 heteroatoms. The summed E-state index contributed by atoms with van der Waals surface area (Å²) in [5.74, 6) is -0.212. The number of nitrogens with zero attached hydrogens (tertiary/aromatic N) is 2. The molecule has 2 aromatic rings. The third-order valence-electron chi connectivity index (χ3n) is 4.73. The lowest BCUT2D eigenvalue weighted by Gasteiger charge is -2.12. The summed E-state index contributed by atoms with van der Waals surface area (Å²) in [5, 5.41) is 0.891. The number of para-hydroxylation sites is 1. The van der Waals surface area contributed by atoms with Gasteiger partial charge in [0.1, 0.15) is 0 Å². The molecule has 2 amide bonds. The van der Waals surface area contributed by atoms with Crippen LogP contribution in [-0.2, 0) is 9.53 Å². The van der Waals surface area contributed by atoms with E-state index in [4.69, 9.17) is 4.74 Å². The zero-order chi connectivity index (χ0) is 18.7. The van der Waals surface area contributed by atoms with E-state index in [0.717, 1.165) is 34.6 Å². The van der Waals surface area contributed by atoms with Crippen molar-refractivity contribution >= 4 is 39.9 Å². The van der Waals surface area contributed by atoms with E-state index >= 15 is 0 Å². The predicted octanol–water partition coefficient (Wildman–Crippen LogP) is 4.69. The van der Waals surface area contributed by atoms with E-state index in [1.54, 1.807) is 7.11 Å². The molecule has 0 bridgehead atoms. The number of hydrogen-bond donors (Lipinski definition) is 0. The van der Waals surface area contributed by atoms with Crippen LogP contribution in [0.1, 0.15) is 38.3 Å². The average Bonchev–Trinajstić information content (AvgIpc) is 3.14. The first-order valence-corrected chi connectivity index (χ1v) is 9.72. The molecule has 1 aromatic heterocycles. The topological polar surface area (TPSA) is 51.5 Å². The van der Waals surface area contributed by atoms with Crippen LogP contribution in [0.5, 0.6) is 0 Å². The summed E-state index contributed by atoms with van der Waals surface area (Å²) in [5.41, 5.74) is 2.12. The predicted molar refractivity (Wildman–Crippen MR) is 106 cm³/mol. The van der Waals surface area contributed by atoms with Crippen molar-refractivity contribution in [2.45, 2.75) is 32.7 Å². The van der Waals surface area contributed by atoms with Crippen LogP contribution in [-0.4, -0.2) is 40.9 Å². The van der Waals surface area contributed by atoms with Crippen LogP contribution in [0.4, 0.5) is 4.79 Å². The molecule has 1 aliphatic rings. The third kappa shape index (κ3) is 3.57. The van der Waals surface area contributed by atoms with Crippen molar-refractivity contribution in [1.29, 1.82) is 0 Å². The smallest absolute Gasteiger partial charge is 0.293 e. The van der Waals surface area contributed by atoms with Gasteiger partial charge < -0.3 is 9.30 Å². The van der Waals surface area contributed by atoms with Gasteiger partial charge in [0.25, 0.3) is 11.1 Å². The van der Waals surface area contributed by atoms with E-state index in [1.165, 1.54) is 4.90 Å². The molecule has 5 nitrogen and oxygen atoms in total. The first kappa shape index (κ1) is 18.7. The van der Waals surface area contributed by atoms with Crippen molar-refractivity contribution in [3.05, 3.63) is 40.9 Å². The summed E-state index contributed by atoms with van der Waals surface area (Å²) in [6, 6.07) is 8.54. The van der Waals surface area contributed by atoms with Gasteiger partial charge in [0, 0.05) is 49.0 Å². The van der Waals surface area contributed by atoms with Crippen LogP contribution in [0.2, 0.25) is 0 Å². The number of hydrogen-bond acceptors (Lipinski definition) is 4. The van der Waals surface area contributed by atoms with Gasteiger partial charge in [-0.2, -0.15) is 0 Å². The molecule has 2 heterocycles. The van der Waals surface area contributed by atoms with Gasteiger partial charge in [-0.3, -0.25) is 14.5 Å². The summed E-state index contributed by atoms with van der Waals surface area (Å²) >= 11 is 1.02. The zero-order valence-electron chi connectivity index (χ0n) is 15.4. The Morgan fingerprint density at radius 2 is 2.04 bits per heavy atom. The van der Waals surface area contributed by atoms with Gasteiger partial charge >= 0.3 is 0 Å². The highest BCUT2D eigenvalue weighted by atomic mass is 32.2. The second kappa shape index (κ2) is 8.10. The molecule has 1 saturated heterocycles. The Labute approximate surface area is 158 Å². The molecule has 1 fully saturated rings. The molecule has 0 spiro atoms. The van der Waals surface area contributed by atoms with Gasteiger partial charge in [-0.15, -0.1) is 0 Å². The maximum absolute atomic E-state index is 12.6. The molecule has 1 atom stereocenters. The SMILES string of the molecule is CC[C@H](C)n1cc(/C=C2/SC(=O)N(CCCOC)C2=O)c2ccccc21. The van der Waals surface area contributed by atoms with E-state index in [-0.39, 0.29) is 11.1 Å². The minimum absolute atomic E-state index is 0.206. The molecule has 0 aliphatic carbocycles. The zero-order valence-corrected chi connectivity index (χ0v) is 16.2. The number of methoxy groups -OCH3 is 1. The largest absolute Gasteiger partial charge is 0.385 e. The van der Waals surface area contributed by atoms with Gasteiger partial charge in [0.05, 0.1) is 4.91 Å². The van der Waals surface area contributed by atoms with Gasteiger partial charge in [-0.05, 0) is 43.7 Å². The van der Waals surface area contributed by atoms with Crippen molar-refractivity contribution in [2.75, 3.05) is 20.3 Å². The third-order valence-corrected chi connectivity index (χ3v) is 5.63. The Balaban J connectivity index is 1.93. The van der Waals surface area contributed by atoms with Crippen molar-refractivity contribution in [3.8, 4) is 0 Å². The second-order valence-electron chi connectivity index (χ2n) is 6.45. The standard InChI is InChI=1S/C20H24N2O3S/c1-4-14(2)22-13-15(16-8-5-6-9-17(16)22)12-18-19(23)21(20(24)26-18)10-7-11-25-3/h5-6,8-9,12-14H,4,7,10-11H2,1-3H3/b18-12+/t14-/m0/s1. The molecular formula is C20H24N2O3S. The number of imide groups is 1. The Morgan fingerprint density at radius 1 is 1.27 bits per heavy atom. The lowest BCUT2D eigenvalue weighted by atomic mass is 10.1. The molecule has 0 N–H and O–H groups in total. The summed E-state index contributed by atoms with van der Waals surface area (Å²) in [7, 11) is 1.61. The van der Waals surface area contributed by atoms with Crippen molar-refractivity contribution in [3.63, 3.8) is 0 Å². The summed E-state index contributed by atoms with van der Waals surface area (Å²) in [6.45, 7) is 5.26. The van der Waals surface area contributed by atoms with Crippen LogP contribution in [0.3, 0.4) is 0 Å². The maximum atomic E-state index is 12.6. The minimum atomic E-state index is -0.212. The highest BCUT2D eigenvalue weighted by Crippen LogP contribution is 2.35. The highest BCUT2D eigenvalue weighted by Gasteiger charge is 2.34. The Bertz CT molecular complexity index is 856. The summed E-state index contributed by atoms with van der Waals surface area (Å²) < 4.78 is 7.25. The first-order chi connectivity index (χ1) is 12.6. The lowest BCUT2D eigenvalue weighted by Crippen LogP contribution is -2.29. The summed E-state index contributed by atoms with van der Waals surface area (Å²) in [6.07, 6.45) is 5.60. The number of carbonyl (C=O) groups excluding carboxylic acids is 2. The molecule has 138 valence electrons. The van der Waals surface area contributed by atoms with E-state index in [2.05, 4.69) is 36.7 Å². The fourth-order valence-electron chi connectivity index (χ4n) is 3.11.